The van der Waals surface area contributed by atoms with Gasteiger partial charge in [0.25, 0.3) is 5.56 Å². The van der Waals surface area contributed by atoms with Gasteiger partial charge in [0.05, 0.1) is 11.5 Å². The molecule has 0 saturated heterocycles. The quantitative estimate of drug-likeness (QED) is 0.742. The zero-order valence-electron chi connectivity index (χ0n) is 11.7. The van der Waals surface area contributed by atoms with Crippen molar-refractivity contribution in [1.82, 2.24) is 9.97 Å². The molecule has 0 aliphatic heterocycles. The van der Waals surface area contributed by atoms with Crippen LogP contribution in [0.1, 0.15) is 13.8 Å². The molecule has 0 radical (unpaired) electrons. The minimum absolute atomic E-state index is 0.0817. The molecule has 1 aromatic carbocycles. The number of nitrogens with zero attached hydrogens (tertiary/aromatic N) is 2. The van der Waals surface area contributed by atoms with Crippen LogP contribution in [0.15, 0.2) is 47.4 Å². The third-order valence-electron chi connectivity index (χ3n) is 2.87. The van der Waals surface area contributed by atoms with Gasteiger partial charge in [0, 0.05) is 22.5 Å². The number of pyridine rings is 1. The Morgan fingerprint density at radius 2 is 1.95 bits per heavy atom. The van der Waals surface area contributed by atoms with E-state index < -0.39 is 0 Å². The number of benzene rings is 1. The summed E-state index contributed by atoms with van der Waals surface area (Å²) in [5.41, 5.74) is 0.612. The zero-order valence-corrected chi connectivity index (χ0v) is 12.6. The minimum Gasteiger partial charge on any atom is -0.475 e. The Balaban J connectivity index is 2.02. The van der Waals surface area contributed by atoms with Crippen LogP contribution < -0.4 is 10.3 Å². The van der Waals surface area contributed by atoms with Crippen LogP contribution in [-0.4, -0.2) is 16.1 Å². The molecular weight excluding hydrogens is 284 g/mol. The van der Waals surface area contributed by atoms with Crippen LogP contribution in [0.4, 0.5) is 0 Å². The van der Waals surface area contributed by atoms with Gasteiger partial charge in [-0.2, -0.15) is 4.98 Å². The number of fused-ring (bicyclic) bond motifs is 1. The van der Waals surface area contributed by atoms with Crippen molar-refractivity contribution >= 4 is 21.4 Å². The first-order valence-electron chi connectivity index (χ1n) is 6.66. The van der Waals surface area contributed by atoms with Gasteiger partial charge in [-0.1, -0.05) is 12.1 Å². The van der Waals surface area contributed by atoms with E-state index in [0.717, 1.165) is 10.3 Å². The van der Waals surface area contributed by atoms with E-state index >= 15 is 0 Å². The fraction of sp³-hybridized carbons (Fsp3) is 0.188. The van der Waals surface area contributed by atoms with Gasteiger partial charge in [-0.3, -0.25) is 4.79 Å². The summed E-state index contributed by atoms with van der Waals surface area (Å²) in [6, 6.07) is 11.2. The Bertz CT molecular complexity index is 826. The normalized spacial score (nSPS) is 11.0. The molecule has 0 spiro atoms. The lowest BCUT2D eigenvalue weighted by molar-refractivity contribution is 0.232. The number of rotatable bonds is 3. The van der Waals surface area contributed by atoms with Crippen LogP contribution in [0.3, 0.4) is 0 Å². The molecule has 3 rings (SSSR count). The second-order valence-corrected chi connectivity index (χ2v) is 5.90. The standard InChI is InChI=1S/C16H14N2O2S/c1-10(2)20-14-8-7-11(9-17-14)16-18-15(19)12-5-3-4-6-13(12)21-16/h3-10H,1-2H3. The average molecular weight is 298 g/mol. The van der Waals surface area contributed by atoms with E-state index in [4.69, 9.17) is 4.74 Å². The van der Waals surface area contributed by atoms with Crippen molar-refractivity contribution in [3.63, 3.8) is 0 Å². The van der Waals surface area contributed by atoms with Crippen molar-refractivity contribution in [3.8, 4) is 16.5 Å². The van der Waals surface area contributed by atoms with Gasteiger partial charge >= 0.3 is 0 Å². The summed E-state index contributed by atoms with van der Waals surface area (Å²) in [7, 11) is 0. The van der Waals surface area contributed by atoms with Crippen LogP contribution in [0.5, 0.6) is 5.88 Å². The summed E-state index contributed by atoms with van der Waals surface area (Å²) < 4.78 is 6.44. The van der Waals surface area contributed by atoms with Crippen molar-refractivity contribution in [2.24, 2.45) is 0 Å². The van der Waals surface area contributed by atoms with Crippen LogP contribution >= 0.6 is 11.3 Å². The fourth-order valence-corrected chi connectivity index (χ4v) is 2.94. The number of hydrogen-bond acceptors (Lipinski definition) is 5. The van der Waals surface area contributed by atoms with Gasteiger partial charge in [-0.05, 0) is 32.0 Å². The third kappa shape index (κ3) is 2.92. The average Bonchev–Trinajstić information content (AvgIpc) is 2.47. The number of hydrogen-bond donors (Lipinski definition) is 0. The summed E-state index contributed by atoms with van der Waals surface area (Å²) in [6.45, 7) is 3.90. The molecule has 0 bridgehead atoms. The molecule has 3 aromatic rings. The molecule has 106 valence electrons. The predicted octanol–water partition coefficient (Wildman–Crippen LogP) is 3.51. The summed E-state index contributed by atoms with van der Waals surface area (Å²) in [5.74, 6) is 0.571. The first-order chi connectivity index (χ1) is 10.1. The van der Waals surface area contributed by atoms with Crippen molar-refractivity contribution in [3.05, 3.63) is 52.9 Å². The van der Waals surface area contributed by atoms with E-state index in [1.165, 1.54) is 11.3 Å². The lowest BCUT2D eigenvalue weighted by atomic mass is 10.3. The van der Waals surface area contributed by atoms with Crippen LogP contribution in [0.2, 0.25) is 0 Å². The molecule has 21 heavy (non-hydrogen) atoms. The maximum Gasteiger partial charge on any atom is 0.279 e. The Kier molecular flexibility index (Phi) is 3.66. The number of ether oxygens (including phenoxy) is 1. The van der Waals surface area contributed by atoms with Crippen LogP contribution in [0.25, 0.3) is 20.7 Å². The van der Waals surface area contributed by atoms with Gasteiger partial charge < -0.3 is 4.74 Å². The summed E-state index contributed by atoms with van der Waals surface area (Å²) >= 11 is 1.48. The van der Waals surface area contributed by atoms with Crippen molar-refractivity contribution in [2.75, 3.05) is 0 Å². The molecule has 2 heterocycles. The highest BCUT2D eigenvalue weighted by Gasteiger charge is 2.07. The van der Waals surface area contributed by atoms with E-state index in [9.17, 15) is 4.79 Å². The van der Waals surface area contributed by atoms with Crippen LogP contribution in [-0.2, 0) is 0 Å². The van der Waals surface area contributed by atoms with E-state index in [0.29, 0.717) is 16.3 Å². The van der Waals surface area contributed by atoms with Gasteiger partial charge in [0.15, 0.2) is 0 Å². The molecule has 5 heteroatoms. The van der Waals surface area contributed by atoms with E-state index in [1.807, 2.05) is 38.1 Å². The Morgan fingerprint density at radius 3 is 2.67 bits per heavy atom. The fourth-order valence-electron chi connectivity index (χ4n) is 1.95. The molecule has 4 nitrogen and oxygen atoms in total. The maximum atomic E-state index is 12.0. The highest BCUT2D eigenvalue weighted by Crippen LogP contribution is 2.26. The summed E-state index contributed by atoms with van der Waals surface area (Å²) in [4.78, 5) is 20.4. The molecule has 0 aliphatic rings. The molecular formula is C16H14N2O2S. The second-order valence-electron chi connectivity index (χ2n) is 4.87. The lowest BCUT2D eigenvalue weighted by Crippen LogP contribution is -2.07. The number of aromatic nitrogens is 2. The smallest absolute Gasteiger partial charge is 0.279 e. The van der Waals surface area contributed by atoms with Crippen molar-refractivity contribution in [1.29, 1.82) is 0 Å². The Hall–Kier alpha value is -2.27. The van der Waals surface area contributed by atoms with Crippen LogP contribution in [0, 0.1) is 0 Å². The molecule has 0 saturated carbocycles. The highest BCUT2D eigenvalue weighted by atomic mass is 32.1. The minimum atomic E-state index is -0.207. The Morgan fingerprint density at radius 1 is 1.14 bits per heavy atom. The maximum absolute atomic E-state index is 12.0. The van der Waals surface area contributed by atoms with Gasteiger partial charge in [-0.15, -0.1) is 11.3 Å². The molecule has 0 fully saturated rings. The molecule has 0 amide bonds. The molecule has 0 unspecified atom stereocenters. The van der Waals surface area contributed by atoms with E-state index in [1.54, 1.807) is 18.3 Å². The summed E-state index contributed by atoms with van der Waals surface area (Å²) in [6.07, 6.45) is 1.77. The zero-order chi connectivity index (χ0) is 14.8. The molecule has 0 aliphatic carbocycles. The monoisotopic (exact) mass is 298 g/mol. The van der Waals surface area contributed by atoms with Gasteiger partial charge in [-0.25, -0.2) is 4.98 Å². The summed E-state index contributed by atoms with van der Waals surface area (Å²) in [5, 5.41) is 1.32. The molecule has 2 aromatic heterocycles. The largest absolute Gasteiger partial charge is 0.475 e. The lowest BCUT2D eigenvalue weighted by Gasteiger charge is -2.08. The highest BCUT2D eigenvalue weighted by molar-refractivity contribution is 7.21. The van der Waals surface area contributed by atoms with Gasteiger partial charge in [0.2, 0.25) is 5.88 Å². The topological polar surface area (TPSA) is 52.1 Å². The SMILES string of the molecule is CC(C)Oc1ccc(-c2nc(=O)c3ccccc3s2)cn1. The van der Waals surface area contributed by atoms with Gasteiger partial charge in [0.1, 0.15) is 5.01 Å². The molecule has 0 atom stereocenters. The predicted molar refractivity (Wildman–Crippen MR) is 84.9 cm³/mol. The van der Waals surface area contributed by atoms with E-state index in [-0.39, 0.29) is 11.7 Å². The molecule has 0 N–H and O–H groups in total. The van der Waals surface area contributed by atoms with Crippen molar-refractivity contribution in [2.45, 2.75) is 20.0 Å². The van der Waals surface area contributed by atoms with Crippen molar-refractivity contribution < 1.29 is 4.74 Å². The Labute approximate surface area is 126 Å². The van der Waals surface area contributed by atoms with E-state index in [2.05, 4.69) is 9.97 Å². The second kappa shape index (κ2) is 5.61. The third-order valence-corrected chi connectivity index (χ3v) is 3.96. The first-order valence-corrected chi connectivity index (χ1v) is 7.48. The first kappa shape index (κ1) is 13.7.